The van der Waals surface area contributed by atoms with Crippen molar-refractivity contribution in [2.45, 2.75) is 52.1 Å². The Morgan fingerprint density at radius 3 is 2.94 bits per heavy atom. The van der Waals surface area contributed by atoms with Crippen LogP contribution in [-0.2, 0) is 0 Å². The van der Waals surface area contributed by atoms with Crippen molar-refractivity contribution in [2.24, 2.45) is 11.3 Å². The normalized spacial score (nSPS) is 29.8. The maximum atomic E-state index is 10.5. The predicted octanol–water partition coefficient (Wildman–Crippen LogP) is 3.73. The molecule has 0 radical (unpaired) electrons. The van der Waals surface area contributed by atoms with E-state index in [2.05, 4.69) is 13.0 Å². The fourth-order valence-corrected chi connectivity index (χ4v) is 3.06. The Bertz CT molecular complexity index is 446. The number of rotatable bonds is 3. The molecule has 3 heteroatoms. The lowest BCUT2D eigenvalue weighted by atomic mass is 9.66. The first-order chi connectivity index (χ1) is 8.61. The molecule has 98 valence electrons. The fourth-order valence-electron chi connectivity index (χ4n) is 3.06. The predicted molar refractivity (Wildman–Crippen MR) is 68.7 cm³/mol. The molecule has 1 aromatic rings. The third kappa shape index (κ3) is 2.30. The smallest absolute Gasteiger partial charge is 0.134 e. The largest absolute Gasteiger partial charge is 0.464 e. The summed E-state index contributed by atoms with van der Waals surface area (Å²) in [5.74, 6) is 1.86. The van der Waals surface area contributed by atoms with Crippen LogP contribution in [0.5, 0.6) is 0 Å². The van der Waals surface area contributed by atoms with Gasteiger partial charge in [0.25, 0.3) is 0 Å². The Morgan fingerprint density at radius 1 is 1.61 bits per heavy atom. The zero-order valence-electron chi connectivity index (χ0n) is 11.1. The summed E-state index contributed by atoms with van der Waals surface area (Å²) in [4.78, 5) is 0. The van der Waals surface area contributed by atoms with Crippen LogP contribution in [0.1, 0.15) is 56.7 Å². The Morgan fingerprint density at radius 2 is 2.39 bits per heavy atom. The van der Waals surface area contributed by atoms with Gasteiger partial charge in [-0.2, -0.15) is 5.26 Å². The molecule has 0 aromatic carbocycles. The number of nitriles is 1. The van der Waals surface area contributed by atoms with E-state index in [1.807, 2.05) is 13.0 Å². The first kappa shape index (κ1) is 13.2. The molecular weight excluding hydrogens is 226 g/mol. The number of aryl methyl sites for hydroxylation is 1. The lowest BCUT2D eigenvalue weighted by Gasteiger charge is -2.38. The van der Waals surface area contributed by atoms with Crippen molar-refractivity contribution in [3.8, 4) is 6.07 Å². The Labute approximate surface area is 108 Å². The van der Waals surface area contributed by atoms with Crippen molar-refractivity contribution < 1.29 is 9.52 Å². The van der Waals surface area contributed by atoms with E-state index in [9.17, 15) is 10.4 Å². The monoisotopic (exact) mass is 247 g/mol. The van der Waals surface area contributed by atoms with Gasteiger partial charge in [0.05, 0.1) is 11.5 Å². The van der Waals surface area contributed by atoms with Crippen LogP contribution in [-0.4, -0.2) is 5.11 Å². The van der Waals surface area contributed by atoms with E-state index in [1.54, 1.807) is 6.07 Å². The third-order valence-corrected chi connectivity index (χ3v) is 4.24. The summed E-state index contributed by atoms with van der Waals surface area (Å²) in [6.07, 6.45) is 4.01. The van der Waals surface area contributed by atoms with Crippen molar-refractivity contribution in [3.05, 3.63) is 23.7 Å². The fraction of sp³-hybridized carbons (Fsp3) is 0.667. The van der Waals surface area contributed by atoms with Gasteiger partial charge in [-0.25, -0.2) is 0 Å². The quantitative estimate of drug-likeness (QED) is 0.885. The SMILES string of the molecule is CCC1CCCC(C#N)(C(O)c2ccc(C)o2)C1. The minimum atomic E-state index is -0.800. The van der Waals surface area contributed by atoms with Gasteiger partial charge in [-0.15, -0.1) is 0 Å². The van der Waals surface area contributed by atoms with Crippen molar-refractivity contribution in [2.75, 3.05) is 0 Å². The molecule has 1 fully saturated rings. The van der Waals surface area contributed by atoms with Gasteiger partial charge < -0.3 is 9.52 Å². The summed E-state index contributed by atoms with van der Waals surface area (Å²) in [7, 11) is 0. The highest BCUT2D eigenvalue weighted by atomic mass is 16.4. The second-order valence-corrected chi connectivity index (χ2v) is 5.49. The number of aliphatic hydroxyl groups excluding tert-OH is 1. The second kappa shape index (κ2) is 5.16. The van der Waals surface area contributed by atoms with Gasteiger partial charge in [-0.05, 0) is 37.8 Å². The zero-order valence-corrected chi connectivity index (χ0v) is 11.1. The van der Waals surface area contributed by atoms with Gasteiger partial charge in [0, 0.05) is 0 Å². The summed E-state index contributed by atoms with van der Waals surface area (Å²) in [6, 6.07) is 6.00. The van der Waals surface area contributed by atoms with E-state index in [4.69, 9.17) is 4.42 Å². The van der Waals surface area contributed by atoms with Crippen LogP contribution < -0.4 is 0 Å². The minimum absolute atomic E-state index is 0.533. The number of furan rings is 1. The molecule has 3 atom stereocenters. The van der Waals surface area contributed by atoms with Crippen LogP contribution >= 0.6 is 0 Å². The van der Waals surface area contributed by atoms with Crippen LogP contribution in [0.3, 0.4) is 0 Å². The first-order valence-electron chi connectivity index (χ1n) is 6.77. The van der Waals surface area contributed by atoms with E-state index in [1.165, 1.54) is 6.42 Å². The van der Waals surface area contributed by atoms with Gasteiger partial charge >= 0.3 is 0 Å². The molecule has 0 bridgehead atoms. The average Bonchev–Trinajstić information content (AvgIpc) is 2.84. The Balaban J connectivity index is 2.24. The van der Waals surface area contributed by atoms with E-state index < -0.39 is 11.5 Å². The molecule has 1 aliphatic rings. The molecule has 1 aromatic heterocycles. The molecule has 1 N–H and O–H groups in total. The molecule has 0 saturated heterocycles. The number of hydrogen-bond donors (Lipinski definition) is 1. The van der Waals surface area contributed by atoms with Crippen LogP contribution in [0.15, 0.2) is 16.5 Å². The van der Waals surface area contributed by atoms with E-state index >= 15 is 0 Å². The summed E-state index contributed by atoms with van der Waals surface area (Å²) < 4.78 is 5.49. The third-order valence-electron chi connectivity index (χ3n) is 4.24. The van der Waals surface area contributed by atoms with Crippen molar-refractivity contribution in [1.82, 2.24) is 0 Å². The highest BCUT2D eigenvalue weighted by Gasteiger charge is 2.44. The lowest BCUT2D eigenvalue weighted by molar-refractivity contribution is 0.00390. The molecular formula is C15H21NO2. The maximum Gasteiger partial charge on any atom is 0.134 e. The Kier molecular flexibility index (Phi) is 3.77. The van der Waals surface area contributed by atoms with Crippen LogP contribution in [0, 0.1) is 29.6 Å². The molecule has 1 saturated carbocycles. The standard InChI is InChI=1S/C15H21NO2/c1-3-12-5-4-8-15(9-12,10-16)14(17)13-7-6-11(2)18-13/h6-7,12,14,17H,3-5,8-9H2,1-2H3. The van der Waals surface area contributed by atoms with E-state index in [0.29, 0.717) is 11.7 Å². The van der Waals surface area contributed by atoms with E-state index in [0.717, 1.165) is 31.4 Å². The topological polar surface area (TPSA) is 57.2 Å². The number of aliphatic hydroxyl groups is 1. The summed E-state index contributed by atoms with van der Waals surface area (Å²) >= 11 is 0. The van der Waals surface area contributed by atoms with Crippen molar-refractivity contribution >= 4 is 0 Å². The summed E-state index contributed by atoms with van der Waals surface area (Å²) in [5.41, 5.74) is -0.663. The highest BCUT2D eigenvalue weighted by Crippen LogP contribution is 2.48. The summed E-state index contributed by atoms with van der Waals surface area (Å²) in [5, 5.41) is 20.0. The van der Waals surface area contributed by atoms with Gasteiger partial charge in [0.2, 0.25) is 0 Å². The lowest BCUT2D eigenvalue weighted by Crippen LogP contribution is -2.33. The maximum absolute atomic E-state index is 10.5. The van der Waals surface area contributed by atoms with Gasteiger partial charge in [-0.1, -0.05) is 26.2 Å². The van der Waals surface area contributed by atoms with Gasteiger partial charge in [-0.3, -0.25) is 0 Å². The molecule has 1 heterocycles. The van der Waals surface area contributed by atoms with Gasteiger partial charge in [0.1, 0.15) is 17.6 Å². The molecule has 0 amide bonds. The zero-order chi connectivity index (χ0) is 13.2. The van der Waals surface area contributed by atoms with Crippen molar-refractivity contribution in [1.29, 1.82) is 5.26 Å². The average molecular weight is 247 g/mol. The Hall–Kier alpha value is -1.27. The van der Waals surface area contributed by atoms with Gasteiger partial charge in [0.15, 0.2) is 0 Å². The first-order valence-corrected chi connectivity index (χ1v) is 6.77. The van der Waals surface area contributed by atoms with E-state index in [-0.39, 0.29) is 0 Å². The minimum Gasteiger partial charge on any atom is -0.464 e. The second-order valence-electron chi connectivity index (χ2n) is 5.49. The molecule has 18 heavy (non-hydrogen) atoms. The number of nitrogens with zero attached hydrogens (tertiary/aromatic N) is 1. The molecule has 2 rings (SSSR count). The van der Waals surface area contributed by atoms with Crippen LogP contribution in [0.25, 0.3) is 0 Å². The van der Waals surface area contributed by atoms with Crippen LogP contribution in [0.2, 0.25) is 0 Å². The highest BCUT2D eigenvalue weighted by molar-refractivity contribution is 5.17. The van der Waals surface area contributed by atoms with Crippen molar-refractivity contribution in [3.63, 3.8) is 0 Å². The molecule has 3 nitrogen and oxygen atoms in total. The number of hydrogen-bond acceptors (Lipinski definition) is 3. The summed E-state index contributed by atoms with van der Waals surface area (Å²) in [6.45, 7) is 4.01. The molecule has 0 spiro atoms. The molecule has 1 aliphatic carbocycles. The molecule has 3 unspecified atom stereocenters. The van der Waals surface area contributed by atoms with Crippen LogP contribution in [0.4, 0.5) is 0 Å². The molecule has 0 aliphatic heterocycles.